The van der Waals surface area contributed by atoms with Gasteiger partial charge in [0, 0.05) is 52.0 Å². The monoisotopic (exact) mass is 472 g/mol. The molecule has 0 saturated carbocycles. The van der Waals surface area contributed by atoms with E-state index in [1.54, 1.807) is 0 Å². The van der Waals surface area contributed by atoms with E-state index in [1.165, 1.54) is 11.4 Å². The first-order valence-corrected chi connectivity index (χ1v) is 12.0. The highest BCUT2D eigenvalue weighted by atomic mass is 15.1. The smallest absolute Gasteiger partial charge is 0.0630 e. The van der Waals surface area contributed by atoms with Gasteiger partial charge < -0.3 is 9.80 Å². The van der Waals surface area contributed by atoms with E-state index in [-0.39, 0.29) is 0 Å². The topological polar surface area (TPSA) is 31.2 Å². The maximum atomic E-state index is 4.59. The molecule has 0 atom stereocenters. The summed E-state index contributed by atoms with van der Waals surface area (Å²) in [5.41, 5.74) is 8.65. The Morgan fingerprint density at radius 2 is 0.722 bits per heavy atom. The van der Waals surface area contributed by atoms with E-state index in [9.17, 15) is 0 Å². The molecule has 4 aromatic carbocycles. The van der Waals surface area contributed by atoms with Crippen LogP contribution in [0.5, 0.6) is 0 Å². The van der Waals surface area contributed by atoms with E-state index in [0.717, 1.165) is 33.6 Å². The van der Waals surface area contributed by atoms with Gasteiger partial charge in [-0.2, -0.15) is 0 Å². The van der Waals surface area contributed by atoms with E-state index in [1.807, 2.05) is 64.9 Å². The Bertz CT molecular complexity index is 1220. The molecule has 0 N–H and O–H groups in total. The summed E-state index contributed by atoms with van der Waals surface area (Å²) in [6.45, 7) is 0. The maximum Gasteiger partial charge on any atom is 0.0630 e. The van der Waals surface area contributed by atoms with Gasteiger partial charge in [-0.1, -0.05) is 60.7 Å². The first-order valence-electron chi connectivity index (χ1n) is 12.0. The molecule has 0 radical (unpaired) electrons. The van der Waals surface area contributed by atoms with Gasteiger partial charge in [-0.25, -0.2) is 0 Å². The lowest BCUT2D eigenvalue weighted by Gasteiger charge is -2.11. The van der Waals surface area contributed by atoms with Crippen molar-refractivity contribution in [1.29, 1.82) is 0 Å². The van der Waals surface area contributed by atoms with Crippen LogP contribution >= 0.6 is 0 Å². The van der Waals surface area contributed by atoms with Gasteiger partial charge in [0.2, 0.25) is 0 Å². The summed E-state index contributed by atoms with van der Waals surface area (Å²) in [4.78, 5) is 13.4. The number of benzene rings is 4. The largest absolute Gasteiger partial charge is 0.378 e. The second-order valence-electron chi connectivity index (χ2n) is 9.00. The number of rotatable bonds is 8. The third-order valence-corrected chi connectivity index (χ3v) is 5.80. The van der Waals surface area contributed by atoms with Crippen molar-refractivity contribution in [2.75, 3.05) is 38.0 Å². The lowest BCUT2D eigenvalue weighted by Crippen LogP contribution is -2.08. The molecular formula is C32H32N4. The van der Waals surface area contributed by atoms with Crippen LogP contribution in [-0.2, 0) is 0 Å². The molecular weight excluding hydrogens is 440 g/mol. The second-order valence-corrected chi connectivity index (χ2v) is 9.00. The van der Waals surface area contributed by atoms with Crippen molar-refractivity contribution in [2.24, 2.45) is 9.98 Å². The minimum atomic E-state index is 0.933. The molecule has 0 fully saturated rings. The van der Waals surface area contributed by atoms with E-state index in [4.69, 9.17) is 0 Å². The van der Waals surface area contributed by atoms with Gasteiger partial charge in [0.05, 0.1) is 11.4 Å². The highest BCUT2D eigenvalue weighted by Crippen LogP contribution is 2.19. The average Bonchev–Trinajstić information content (AvgIpc) is 2.91. The molecule has 4 nitrogen and oxygen atoms in total. The summed E-state index contributed by atoms with van der Waals surface area (Å²) in [5.74, 6) is 0. The first kappa shape index (κ1) is 24.7. The fraction of sp³-hybridized carbons (Fsp3) is 0.125. The molecule has 0 amide bonds. The van der Waals surface area contributed by atoms with Crippen molar-refractivity contribution in [3.63, 3.8) is 0 Å². The number of nitrogens with zero attached hydrogens (tertiary/aromatic N) is 4. The van der Waals surface area contributed by atoms with Gasteiger partial charge in [0.15, 0.2) is 0 Å². The fourth-order valence-electron chi connectivity index (χ4n) is 3.55. The molecule has 0 spiro atoms. The summed E-state index contributed by atoms with van der Waals surface area (Å²) in [7, 11) is 8.15. The molecule has 0 aromatic heterocycles. The van der Waals surface area contributed by atoms with Gasteiger partial charge in [-0.05, 0) is 70.8 Å². The molecule has 4 aromatic rings. The van der Waals surface area contributed by atoms with E-state index >= 15 is 0 Å². The minimum absolute atomic E-state index is 0.933. The molecule has 0 unspecified atom stereocenters. The standard InChI is InChI=1S/C32H32N4/c1-35(2)31-19-11-27(12-20-31)23-33-29-15-7-25(8-16-29)5-6-26-9-17-30(18-10-26)34-24-28-13-21-32(22-14-28)36(3)4/h5-24H,1-4H3/b6-5+,33-23?,34-24?. The number of hydrogen-bond donors (Lipinski definition) is 0. The molecule has 0 heterocycles. The average molecular weight is 473 g/mol. The van der Waals surface area contributed by atoms with Gasteiger partial charge in [-0.3, -0.25) is 9.98 Å². The van der Waals surface area contributed by atoms with Crippen LogP contribution in [0.3, 0.4) is 0 Å². The Morgan fingerprint density at radius 1 is 0.417 bits per heavy atom. The van der Waals surface area contributed by atoms with Crippen LogP contribution in [-0.4, -0.2) is 40.6 Å². The number of anilines is 2. The van der Waals surface area contributed by atoms with Crippen LogP contribution in [0.4, 0.5) is 22.7 Å². The van der Waals surface area contributed by atoms with Gasteiger partial charge in [-0.15, -0.1) is 0 Å². The Balaban J connectivity index is 1.32. The van der Waals surface area contributed by atoms with E-state index in [0.29, 0.717) is 0 Å². The van der Waals surface area contributed by atoms with Crippen LogP contribution in [0.1, 0.15) is 22.3 Å². The highest BCUT2D eigenvalue weighted by Gasteiger charge is 1.97. The first-order chi connectivity index (χ1) is 17.5. The quantitative estimate of drug-likeness (QED) is 0.196. The zero-order valence-corrected chi connectivity index (χ0v) is 21.3. The Hall–Kier alpha value is -4.44. The van der Waals surface area contributed by atoms with Crippen molar-refractivity contribution < 1.29 is 0 Å². The fourth-order valence-corrected chi connectivity index (χ4v) is 3.55. The van der Waals surface area contributed by atoms with Crippen molar-refractivity contribution in [3.05, 3.63) is 119 Å². The number of aliphatic imine (C=N–C) groups is 2. The van der Waals surface area contributed by atoms with Gasteiger partial charge in [0.25, 0.3) is 0 Å². The third-order valence-electron chi connectivity index (χ3n) is 5.80. The molecule has 0 aliphatic rings. The molecule has 0 aliphatic carbocycles. The van der Waals surface area contributed by atoms with Crippen molar-refractivity contribution >= 4 is 47.3 Å². The van der Waals surface area contributed by atoms with Gasteiger partial charge >= 0.3 is 0 Å². The summed E-state index contributed by atoms with van der Waals surface area (Å²) in [5, 5.41) is 0. The molecule has 4 heteroatoms. The number of hydrogen-bond acceptors (Lipinski definition) is 4. The summed E-state index contributed by atoms with van der Waals surface area (Å²) < 4.78 is 0. The predicted molar refractivity (Wildman–Crippen MR) is 158 cm³/mol. The lowest BCUT2D eigenvalue weighted by atomic mass is 10.1. The third kappa shape index (κ3) is 7.03. The SMILES string of the molecule is CN(C)c1ccc(C=Nc2ccc(/C=C/c3ccc(N=Cc4ccc(N(C)C)cc4)cc3)cc2)cc1. The molecule has 0 bridgehead atoms. The van der Waals surface area contributed by atoms with E-state index < -0.39 is 0 Å². The van der Waals surface area contributed by atoms with Crippen LogP contribution in [0, 0.1) is 0 Å². The van der Waals surface area contributed by atoms with Crippen LogP contribution in [0.25, 0.3) is 12.2 Å². The molecule has 0 saturated heterocycles. The van der Waals surface area contributed by atoms with E-state index in [2.05, 4.69) is 105 Å². The van der Waals surface area contributed by atoms with Crippen LogP contribution < -0.4 is 9.80 Å². The maximum absolute atomic E-state index is 4.59. The van der Waals surface area contributed by atoms with Crippen molar-refractivity contribution in [1.82, 2.24) is 0 Å². The Morgan fingerprint density at radius 3 is 1.03 bits per heavy atom. The molecule has 4 rings (SSSR count). The Kier molecular flexibility index (Phi) is 8.09. The summed E-state index contributed by atoms with van der Waals surface area (Å²) >= 11 is 0. The highest BCUT2D eigenvalue weighted by molar-refractivity contribution is 5.83. The zero-order chi connectivity index (χ0) is 25.3. The normalized spacial score (nSPS) is 11.6. The summed E-state index contributed by atoms with van der Waals surface area (Å²) in [6, 6.07) is 33.2. The molecule has 0 aliphatic heterocycles. The molecule has 180 valence electrons. The molecule has 36 heavy (non-hydrogen) atoms. The van der Waals surface area contributed by atoms with Crippen LogP contribution in [0.2, 0.25) is 0 Å². The van der Waals surface area contributed by atoms with Crippen LogP contribution in [0.15, 0.2) is 107 Å². The predicted octanol–water partition coefficient (Wildman–Crippen LogP) is 7.49. The Labute approximate surface area is 214 Å². The minimum Gasteiger partial charge on any atom is -0.378 e. The van der Waals surface area contributed by atoms with Crippen molar-refractivity contribution in [3.8, 4) is 0 Å². The van der Waals surface area contributed by atoms with Gasteiger partial charge in [0.1, 0.15) is 0 Å². The zero-order valence-electron chi connectivity index (χ0n) is 21.3. The summed E-state index contributed by atoms with van der Waals surface area (Å²) in [6.07, 6.45) is 8.01. The van der Waals surface area contributed by atoms with Crippen molar-refractivity contribution in [2.45, 2.75) is 0 Å². The second kappa shape index (κ2) is 11.8. The lowest BCUT2D eigenvalue weighted by molar-refractivity contribution is 1.13.